The summed E-state index contributed by atoms with van der Waals surface area (Å²) in [5.74, 6) is -1.80. The molecule has 5 nitrogen and oxygen atoms in total. The van der Waals surface area contributed by atoms with Gasteiger partial charge < -0.3 is 0 Å². The molecule has 0 fully saturated rings. The predicted molar refractivity (Wildman–Crippen MR) is 95.9 cm³/mol. The van der Waals surface area contributed by atoms with Crippen molar-refractivity contribution in [1.82, 2.24) is 16.2 Å². The molecular formula is C16H13BrFN3O2S. The second-order valence-corrected chi connectivity index (χ2v) is 6.07. The average molecular weight is 410 g/mol. The lowest BCUT2D eigenvalue weighted by molar-refractivity contribution is 0.0933. The molecule has 2 amide bonds. The van der Waals surface area contributed by atoms with E-state index in [1.165, 1.54) is 24.3 Å². The van der Waals surface area contributed by atoms with Gasteiger partial charge in [0.25, 0.3) is 11.8 Å². The van der Waals surface area contributed by atoms with Gasteiger partial charge in [0.1, 0.15) is 5.82 Å². The van der Waals surface area contributed by atoms with Gasteiger partial charge in [-0.25, -0.2) is 4.39 Å². The molecule has 2 aromatic rings. The van der Waals surface area contributed by atoms with Crippen LogP contribution < -0.4 is 16.2 Å². The smallest absolute Gasteiger partial charge is 0.269 e. The SMILES string of the molecule is Cc1ccc(C(=O)NNC(=S)NC(=O)c2ccccc2F)cc1Br. The second-order valence-electron chi connectivity index (χ2n) is 4.81. The number of hydrogen-bond acceptors (Lipinski definition) is 3. The van der Waals surface area contributed by atoms with Crippen LogP contribution >= 0.6 is 28.1 Å². The largest absolute Gasteiger partial charge is 0.298 e. The molecule has 0 heterocycles. The van der Waals surface area contributed by atoms with E-state index >= 15 is 0 Å². The first-order chi connectivity index (χ1) is 11.4. The van der Waals surface area contributed by atoms with Crippen molar-refractivity contribution >= 4 is 45.1 Å². The van der Waals surface area contributed by atoms with Crippen LogP contribution in [0.3, 0.4) is 0 Å². The number of carbonyl (C=O) groups is 2. The number of halogens is 2. The van der Waals surface area contributed by atoms with Crippen molar-refractivity contribution < 1.29 is 14.0 Å². The average Bonchev–Trinajstić information content (AvgIpc) is 2.55. The standard InChI is InChI=1S/C16H13BrFN3O2S/c1-9-6-7-10(8-12(9)17)14(22)20-21-16(24)19-15(23)11-4-2-3-5-13(11)18/h2-8H,1H3,(H,20,22)(H2,19,21,23,24). The van der Waals surface area contributed by atoms with Crippen molar-refractivity contribution in [3.05, 3.63) is 69.4 Å². The number of amides is 2. The Hall–Kier alpha value is -2.32. The Morgan fingerprint density at radius 3 is 2.46 bits per heavy atom. The highest BCUT2D eigenvalue weighted by atomic mass is 79.9. The lowest BCUT2D eigenvalue weighted by Crippen LogP contribution is -2.48. The van der Waals surface area contributed by atoms with Crippen molar-refractivity contribution in [1.29, 1.82) is 0 Å². The molecule has 24 heavy (non-hydrogen) atoms. The summed E-state index contributed by atoms with van der Waals surface area (Å²) in [6, 6.07) is 10.6. The minimum atomic E-state index is -0.710. The quantitative estimate of drug-likeness (QED) is 0.526. The molecule has 0 aliphatic carbocycles. The molecule has 124 valence electrons. The third kappa shape index (κ3) is 4.59. The van der Waals surface area contributed by atoms with Gasteiger partial charge in [0.05, 0.1) is 5.56 Å². The molecule has 0 saturated carbocycles. The Labute approximate surface area is 151 Å². The highest BCUT2D eigenvalue weighted by Gasteiger charge is 2.13. The number of carbonyl (C=O) groups excluding carboxylic acids is 2. The van der Waals surface area contributed by atoms with E-state index in [0.717, 1.165) is 10.0 Å². The van der Waals surface area contributed by atoms with Gasteiger partial charge in [0.2, 0.25) is 0 Å². The number of thiocarbonyl (C=S) groups is 1. The Morgan fingerprint density at radius 2 is 1.79 bits per heavy atom. The Bertz CT molecular complexity index is 814. The minimum Gasteiger partial charge on any atom is -0.298 e. The summed E-state index contributed by atoms with van der Waals surface area (Å²) >= 11 is 8.24. The van der Waals surface area contributed by atoms with Crippen LogP contribution in [-0.2, 0) is 0 Å². The van der Waals surface area contributed by atoms with Crippen LogP contribution in [0.4, 0.5) is 4.39 Å². The van der Waals surface area contributed by atoms with Crippen LogP contribution in [0.5, 0.6) is 0 Å². The maximum Gasteiger partial charge on any atom is 0.269 e. The first-order valence-corrected chi connectivity index (χ1v) is 8.01. The molecule has 0 aliphatic heterocycles. The molecule has 0 atom stereocenters. The summed E-state index contributed by atoms with van der Waals surface area (Å²) < 4.78 is 14.3. The minimum absolute atomic E-state index is 0.143. The molecule has 2 rings (SSSR count). The van der Waals surface area contributed by atoms with E-state index in [2.05, 4.69) is 32.1 Å². The zero-order valence-corrected chi connectivity index (χ0v) is 14.9. The first kappa shape index (κ1) is 18.0. The van der Waals surface area contributed by atoms with Crippen molar-refractivity contribution in [2.75, 3.05) is 0 Å². The lowest BCUT2D eigenvalue weighted by Gasteiger charge is -2.11. The predicted octanol–water partition coefficient (Wildman–Crippen LogP) is 2.85. The number of aryl methyl sites for hydroxylation is 1. The van der Waals surface area contributed by atoms with Gasteiger partial charge in [-0.3, -0.25) is 25.8 Å². The molecule has 8 heteroatoms. The third-order valence-corrected chi connectivity index (χ3v) is 4.13. The number of nitrogens with one attached hydrogen (secondary N) is 3. The molecule has 2 aromatic carbocycles. The molecule has 0 saturated heterocycles. The Morgan fingerprint density at radius 1 is 1.08 bits per heavy atom. The van der Waals surface area contributed by atoms with Gasteiger partial charge in [-0.1, -0.05) is 34.1 Å². The molecule has 0 bridgehead atoms. The van der Waals surface area contributed by atoms with Crippen molar-refractivity contribution in [2.24, 2.45) is 0 Å². The van der Waals surface area contributed by atoms with Gasteiger partial charge >= 0.3 is 0 Å². The lowest BCUT2D eigenvalue weighted by atomic mass is 10.1. The fraction of sp³-hybridized carbons (Fsp3) is 0.0625. The topological polar surface area (TPSA) is 70.2 Å². The maximum absolute atomic E-state index is 13.5. The van der Waals surface area contributed by atoms with Gasteiger partial charge in [0, 0.05) is 10.0 Å². The van der Waals surface area contributed by atoms with E-state index in [9.17, 15) is 14.0 Å². The molecular weight excluding hydrogens is 397 g/mol. The van der Waals surface area contributed by atoms with Crippen molar-refractivity contribution in [3.63, 3.8) is 0 Å². The molecule has 0 radical (unpaired) electrons. The zero-order chi connectivity index (χ0) is 17.7. The zero-order valence-electron chi connectivity index (χ0n) is 12.5. The van der Waals surface area contributed by atoms with Crippen molar-refractivity contribution in [3.8, 4) is 0 Å². The fourth-order valence-corrected chi connectivity index (χ4v) is 2.29. The summed E-state index contributed by atoms with van der Waals surface area (Å²) in [7, 11) is 0. The Kier molecular flexibility index (Phi) is 5.99. The van der Waals surface area contributed by atoms with E-state index < -0.39 is 17.6 Å². The summed E-state index contributed by atoms with van der Waals surface area (Å²) in [6.45, 7) is 1.90. The van der Waals surface area contributed by atoms with Crippen molar-refractivity contribution in [2.45, 2.75) is 6.92 Å². The van der Waals surface area contributed by atoms with Crippen LogP contribution in [0.25, 0.3) is 0 Å². The summed E-state index contributed by atoms with van der Waals surface area (Å²) in [5, 5.41) is 2.13. The number of hydrogen-bond donors (Lipinski definition) is 3. The van der Waals surface area contributed by atoms with Crippen LogP contribution in [0, 0.1) is 12.7 Å². The molecule has 3 N–H and O–H groups in total. The van der Waals surface area contributed by atoms with E-state index in [4.69, 9.17) is 12.2 Å². The van der Waals surface area contributed by atoms with Crippen LogP contribution in [0.2, 0.25) is 0 Å². The molecule has 0 aliphatic rings. The van der Waals surface area contributed by atoms with Gasteiger partial charge in [-0.05, 0) is 49.0 Å². The van der Waals surface area contributed by atoms with Crippen LogP contribution in [-0.4, -0.2) is 16.9 Å². The fourth-order valence-electron chi connectivity index (χ4n) is 1.77. The molecule has 0 aromatic heterocycles. The van der Waals surface area contributed by atoms with E-state index in [1.54, 1.807) is 18.2 Å². The second kappa shape index (κ2) is 7.98. The van der Waals surface area contributed by atoms with Gasteiger partial charge in [-0.15, -0.1) is 0 Å². The number of hydrazine groups is 1. The molecule has 0 unspecified atom stereocenters. The highest BCUT2D eigenvalue weighted by molar-refractivity contribution is 9.10. The summed E-state index contributed by atoms with van der Waals surface area (Å²) in [6.07, 6.45) is 0. The van der Waals surface area contributed by atoms with Crippen LogP contribution in [0.1, 0.15) is 26.3 Å². The number of benzene rings is 2. The highest BCUT2D eigenvalue weighted by Crippen LogP contribution is 2.17. The van der Waals surface area contributed by atoms with Crippen LogP contribution in [0.15, 0.2) is 46.9 Å². The third-order valence-electron chi connectivity index (χ3n) is 3.07. The van der Waals surface area contributed by atoms with Gasteiger partial charge in [0.15, 0.2) is 5.11 Å². The first-order valence-electron chi connectivity index (χ1n) is 6.81. The number of rotatable bonds is 2. The molecule has 0 spiro atoms. The summed E-state index contributed by atoms with van der Waals surface area (Å²) in [4.78, 5) is 23.9. The maximum atomic E-state index is 13.5. The van der Waals surface area contributed by atoms with E-state index in [0.29, 0.717) is 5.56 Å². The normalized spacial score (nSPS) is 9.96. The monoisotopic (exact) mass is 409 g/mol. The van der Waals surface area contributed by atoms with E-state index in [1.807, 2.05) is 6.92 Å². The summed E-state index contributed by atoms with van der Waals surface area (Å²) in [5.41, 5.74) is 6.01. The van der Waals surface area contributed by atoms with Gasteiger partial charge in [-0.2, -0.15) is 0 Å². The Balaban J connectivity index is 1.91. The van der Waals surface area contributed by atoms with E-state index in [-0.39, 0.29) is 10.7 Å².